The molecule has 0 atom stereocenters. The number of hydrogen-bond acceptors (Lipinski definition) is 5. The molecule has 0 N–H and O–H groups in total. The van der Waals surface area contributed by atoms with Crippen molar-refractivity contribution in [3.63, 3.8) is 0 Å². The van der Waals surface area contributed by atoms with E-state index < -0.39 is 4.92 Å². The van der Waals surface area contributed by atoms with Gasteiger partial charge in [-0.1, -0.05) is 42.5 Å². The highest BCUT2D eigenvalue weighted by atomic mass is 16.6. The molecule has 0 unspecified atom stereocenters. The zero-order valence-electron chi connectivity index (χ0n) is 14.6. The summed E-state index contributed by atoms with van der Waals surface area (Å²) in [5.41, 5.74) is 1.68. The van der Waals surface area contributed by atoms with Crippen molar-refractivity contribution < 1.29 is 4.92 Å². The molecule has 1 aromatic heterocycles. The molecule has 1 heterocycles. The zero-order chi connectivity index (χ0) is 19.5. The van der Waals surface area contributed by atoms with E-state index in [4.69, 9.17) is 0 Å². The van der Waals surface area contributed by atoms with Crippen molar-refractivity contribution in [3.05, 3.63) is 105 Å². The molecule has 0 radical (unpaired) electrons. The maximum Gasteiger partial charge on any atom is 0.282 e. The van der Waals surface area contributed by atoms with Gasteiger partial charge in [0, 0.05) is 17.7 Å². The minimum Gasteiger partial charge on any atom is -0.267 e. The molecular weight excluding hydrogens is 356 g/mol. The average Bonchev–Trinajstić information content (AvgIpc) is 2.74. The third-order valence-corrected chi connectivity index (χ3v) is 4.21. The number of non-ortho nitro benzene ring substituents is 1. The number of benzene rings is 3. The number of nitro groups is 1. The molecule has 0 saturated carbocycles. The number of nitro benzene ring substituents is 1. The lowest BCUT2D eigenvalue weighted by molar-refractivity contribution is -0.384. The van der Waals surface area contributed by atoms with Crippen LogP contribution in [0.3, 0.4) is 0 Å². The Morgan fingerprint density at radius 2 is 1.61 bits per heavy atom. The molecule has 0 aliphatic rings. The maximum atomic E-state index is 13.0. The van der Waals surface area contributed by atoms with E-state index in [2.05, 4.69) is 10.1 Å². The van der Waals surface area contributed by atoms with Crippen LogP contribution in [0.2, 0.25) is 0 Å². The third-order valence-electron chi connectivity index (χ3n) is 4.21. The number of rotatable bonds is 4. The Kier molecular flexibility index (Phi) is 4.47. The number of aromatic nitrogens is 2. The molecule has 3 aromatic carbocycles. The minimum atomic E-state index is -0.466. The highest BCUT2D eigenvalue weighted by Gasteiger charge is 2.12. The fraction of sp³-hybridized carbons (Fsp3) is 0. The smallest absolute Gasteiger partial charge is 0.267 e. The lowest BCUT2D eigenvalue weighted by atomic mass is 10.2. The summed E-state index contributed by atoms with van der Waals surface area (Å²) in [7, 11) is 0. The van der Waals surface area contributed by atoms with Crippen molar-refractivity contribution in [3.8, 4) is 11.4 Å². The lowest BCUT2D eigenvalue weighted by Crippen LogP contribution is -2.20. The molecule has 0 spiro atoms. The first-order valence-corrected chi connectivity index (χ1v) is 8.49. The van der Waals surface area contributed by atoms with Crippen LogP contribution >= 0.6 is 0 Å². The van der Waals surface area contributed by atoms with E-state index in [-0.39, 0.29) is 11.2 Å². The third kappa shape index (κ3) is 3.28. The van der Waals surface area contributed by atoms with Gasteiger partial charge in [-0.3, -0.25) is 14.9 Å². The largest absolute Gasteiger partial charge is 0.282 e. The summed E-state index contributed by atoms with van der Waals surface area (Å²) in [5.74, 6) is 0.419. The molecule has 7 heteroatoms. The number of para-hydroxylation sites is 1. The van der Waals surface area contributed by atoms with E-state index in [0.29, 0.717) is 22.3 Å². The van der Waals surface area contributed by atoms with Gasteiger partial charge in [-0.2, -0.15) is 9.78 Å². The highest BCUT2D eigenvalue weighted by Crippen LogP contribution is 2.18. The van der Waals surface area contributed by atoms with Gasteiger partial charge in [0.2, 0.25) is 0 Å². The average molecular weight is 370 g/mol. The summed E-state index contributed by atoms with van der Waals surface area (Å²) in [4.78, 5) is 27.9. The van der Waals surface area contributed by atoms with Crippen LogP contribution in [0.4, 0.5) is 5.69 Å². The van der Waals surface area contributed by atoms with Crippen LogP contribution in [-0.4, -0.2) is 20.8 Å². The van der Waals surface area contributed by atoms with E-state index in [9.17, 15) is 14.9 Å². The molecule has 4 aromatic rings. The minimum absolute atomic E-state index is 0.00772. The first-order valence-electron chi connectivity index (χ1n) is 8.49. The van der Waals surface area contributed by atoms with Crippen molar-refractivity contribution in [1.82, 2.24) is 9.66 Å². The van der Waals surface area contributed by atoms with E-state index in [1.54, 1.807) is 30.3 Å². The van der Waals surface area contributed by atoms with Crippen LogP contribution < -0.4 is 5.56 Å². The molecular formula is C21H14N4O3. The van der Waals surface area contributed by atoms with E-state index >= 15 is 0 Å². The molecule has 0 fully saturated rings. The van der Waals surface area contributed by atoms with Crippen molar-refractivity contribution >= 4 is 22.8 Å². The van der Waals surface area contributed by atoms with Gasteiger partial charge in [-0.05, 0) is 29.8 Å². The molecule has 0 aliphatic heterocycles. The van der Waals surface area contributed by atoms with Gasteiger partial charge < -0.3 is 0 Å². The standard InChI is InChI=1S/C21H14N4O3/c26-21-18-8-4-5-9-19(18)23-20(16-6-2-1-3-7-16)24(21)22-14-15-10-12-17(13-11-15)25(27)28/h1-14H. The zero-order valence-corrected chi connectivity index (χ0v) is 14.6. The van der Waals surface area contributed by atoms with Gasteiger partial charge in [0.15, 0.2) is 5.82 Å². The molecule has 0 saturated heterocycles. The van der Waals surface area contributed by atoms with Crippen molar-refractivity contribution in [2.24, 2.45) is 5.10 Å². The molecule has 7 nitrogen and oxygen atoms in total. The lowest BCUT2D eigenvalue weighted by Gasteiger charge is -2.09. The monoisotopic (exact) mass is 370 g/mol. The Bertz CT molecular complexity index is 1250. The molecule has 4 rings (SSSR count). The summed E-state index contributed by atoms with van der Waals surface area (Å²) in [5, 5.41) is 15.6. The van der Waals surface area contributed by atoms with Gasteiger partial charge in [0.1, 0.15) is 0 Å². The van der Waals surface area contributed by atoms with Gasteiger partial charge in [0.05, 0.1) is 22.0 Å². The molecule has 0 aliphatic carbocycles. The first kappa shape index (κ1) is 17.3. The quantitative estimate of drug-likeness (QED) is 0.310. The number of hydrogen-bond donors (Lipinski definition) is 0. The van der Waals surface area contributed by atoms with E-state index in [1.165, 1.54) is 23.0 Å². The molecule has 136 valence electrons. The second kappa shape index (κ2) is 7.24. The fourth-order valence-electron chi connectivity index (χ4n) is 2.81. The van der Waals surface area contributed by atoms with E-state index in [0.717, 1.165) is 5.56 Å². The van der Waals surface area contributed by atoms with Crippen LogP contribution in [-0.2, 0) is 0 Å². The van der Waals surface area contributed by atoms with E-state index in [1.807, 2.05) is 36.4 Å². The Balaban J connectivity index is 1.86. The maximum absolute atomic E-state index is 13.0. The summed E-state index contributed by atoms with van der Waals surface area (Å²) < 4.78 is 1.25. The topological polar surface area (TPSA) is 90.4 Å². The highest BCUT2D eigenvalue weighted by molar-refractivity contribution is 5.82. The predicted molar refractivity (Wildman–Crippen MR) is 108 cm³/mol. The van der Waals surface area contributed by atoms with Crippen LogP contribution in [0.25, 0.3) is 22.3 Å². The van der Waals surface area contributed by atoms with Crippen LogP contribution in [0.1, 0.15) is 5.56 Å². The van der Waals surface area contributed by atoms with Gasteiger partial charge in [-0.25, -0.2) is 4.98 Å². The summed E-state index contributed by atoms with van der Waals surface area (Å²) in [6.07, 6.45) is 1.48. The fourth-order valence-corrected chi connectivity index (χ4v) is 2.81. The van der Waals surface area contributed by atoms with Gasteiger partial charge in [0.25, 0.3) is 11.2 Å². The Morgan fingerprint density at radius 1 is 0.929 bits per heavy atom. The van der Waals surface area contributed by atoms with Crippen LogP contribution in [0.15, 0.2) is 88.8 Å². The second-order valence-corrected chi connectivity index (χ2v) is 6.03. The van der Waals surface area contributed by atoms with Crippen molar-refractivity contribution in [2.45, 2.75) is 0 Å². The molecule has 0 amide bonds. The number of fused-ring (bicyclic) bond motifs is 1. The molecule has 28 heavy (non-hydrogen) atoms. The number of nitrogens with zero attached hydrogens (tertiary/aromatic N) is 4. The Labute approximate surface area is 159 Å². The summed E-state index contributed by atoms with van der Waals surface area (Å²) in [6, 6.07) is 22.3. The first-order chi connectivity index (χ1) is 13.6. The Hall–Kier alpha value is -4.13. The molecule has 0 bridgehead atoms. The SMILES string of the molecule is O=c1c2ccccc2nc(-c2ccccc2)n1N=Cc1ccc([N+](=O)[O-])cc1. The van der Waals surface area contributed by atoms with Gasteiger partial charge >= 0.3 is 0 Å². The summed E-state index contributed by atoms with van der Waals surface area (Å²) in [6.45, 7) is 0. The second-order valence-electron chi connectivity index (χ2n) is 6.03. The van der Waals surface area contributed by atoms with Crippen LogP contribution in [0.5, 0.6) is 0 Å². The summed E-state index contributed by atoms with van der Waals surface area (Å²) >= 11 is 0. The predicted octanol–water partition coefficient (Wildman–Crippen LogP) is 3.85. The normalized spacial score (nSPS) is 11.1. The van der Waals surface area contributed by atoms with Crippen molar-refractivity contribution in [1.29, 1.82) is 0 Å². The van der Waals surface area contributed by atoms with Crippen LogP contribution in [0, 0.1) is 10.1 Å². The van der Waals surface area contributed by atoms with Gasteiger partial charge in [-0.15, -0.1) is 0 Å². The van der Waals surface area contributed by atoms with Crippen molar-refractivity contribution in [2.75, 3.05) is 0 Å². The Morgan fingerprint density at radius 3 is 2.32 bits per heavy atom.